The first-order valence-electron chi connectivity index (χ1n) is 6.18. The predicted octanol–water partition coefficient (Wildman–Crippen LogP) is 3.09. The molecule has 0 aliphatic carbocycles. The Morgan fingerprint density at radius 1 is 1.05 bits per heavy atom. The van der Waals surface area contributed by atoms with Gasteiger partial charge < -0.3 is 15.7 Å². The zero-order valence-electron chi connectivity index (χ0n) is 11.0. The molecule has 0 aromatic heterocycles. The van der Waals surface area contributed by atoms with Crippen LogP contribution in [0.5, 0.6) is 0 Å². The molecule has 0 unspecified atom stereocenters. The topological polar surface area (TPSA) is 78.4 Å². The third-order valence-electron chi connectivity index (χ3n) is 2.73. The van der Waals surface area contributed by atoms with Crippen molar-refractivity contribution in [3.63, 3.8) is 0 Å². The largest absolute Gasteiger partial charge is 0.478 e. The van der Waals surface area contributed by atoms with Crippen LogP contribution >= 0.6 is 11.6 Å². The molecule has 2 aromatic rings. The number of anilines is 2. The summed E-state index contributed by atoms with van der Waals surface area (Å²) in [4.78, 5) is 22.9. The second-order valence-electron chi connectivity index (χ2n) is 4.26. The van der Waals surface area contributed by atoms with E-state index in [1.165, 1.54) is 6.07 Å². The summed E-state index contributed by atoms with van der Waals surface area (Å²) in [7, 11) is 0. The van der Waals surface area contributed by atoms with E-state index in [0.717, 1.165) is 5.69 Å². The third kappa shape index (κ3) is 4.22. The summed E-state index contributed by atoms with van der Waals surface area (Å²) in [6.07, 6.45) is 0. The van der Waals surface area contributed by atoms with Gasteiger partial charge in [0.1, 0.15) is 0 Å². The quantitative estimate of drug-likeness (QED) is 0.793. The molecule has 0 saturated heterocycles. The van der Waals surface area contributed by atoms with E-state index in [-0.39, 0.29) is 23.7 Å². The van der Waals surface area contributed by atoms with Crippen LogP contribution in [0.3, 0.4) is 0 Å². The molecule has 0 aliphatic rings. The molecule has 0 aliphatic heterocycles. The van der Waals surface area contributed by atoms with Crippen molar-refractivity contribution in [2.24, 2.45) is 0 Å². The zero-order chi connectivity index (χ0) is 15.2. The molecule has 21 heavy (non-hydrogen) atoms. The minimum Gasteiger partial charge on any atom is -0.478 e. The molecule has 5 nitrogen and oxygen atoms in total. The second-order valence-corrected chi connectivity index (χ2v) is 4.70. The molecule has 0 radical (unpaired) electrons. The number of carbonyl (C=O) groups excluding carboxylic acids is 1. The number of rotatable bonds is 5. The molecule has 0 fully saturated rings. The maximum Gasteiger partial charge on any atom is 0.337 e. The summed E-state index contributed by atoms with van der Waals surface area (Å²) in [6, 6.07) is 13.2. The van der Waals surface area contributed by atoms with Gasteiger partial charge in [-0.3, -0.25) is 4.79 Å². The number of carboxylic acid groups (broad SMARTS) is 1. The molecule has 0 spiro atoms. The molecular weight excluding hydrogens is 292 g/mol. The van der Waals surface area contributed by atoms with Crippen LogP contribution < -0.4 is 10.6 Å². The smallest absolute Gasteiger partial charge is 0.337 e. The molecule has 0 saturated carbocycles. The first-order valence-corrected chi connectivity index (χ1v) is 6.55. The molecule has 2 aromatic carbocycles. The van der Waals surface area contributed by atoms with E-state index >= 15 is 0 Å². The minimum atomic E-state index is -1.09. The molecular formula is C15H13ClN2O3. The van der Waals surface area contributed by atoms with Gasteiger partial charge in [-0.05, 0) is 36.4 Å². The van der Waals surface area contributed by atoms with E-state index in [4.69, 9.17) is 16.7 Å². The Morgan fingerprint density at radius 3 is 2.38 bits per heavy atom. The first kappa shape index (κ1) is 14.9. The summed E-state index contributed by atoms with van der Waals surface area (Å²) in [6.45, 7) is 0.0234. The van der Waals surface area contributed by atoms with Gasteiger partial charge in [-0.15, -0.1) is 0 Å². The lowest BCUT2D eigenvalue weighted by molar-refractivity contribution is -0.114. The molecule has 0 atom stereocenters. The molecule has 1 amide bonds. The summed E-state index contributed by atoms with van der Waals surface area (Å²) in [5.41, 5.74) is 1.08. The van der Waals surface area contributed by atoms with Crippen molar-refractivity contribution >= 4 is 34.9 Å². The number of hydrogen-bond acceptors (Lipinski definition) is 3. The van der Waals surface area contributed by atoms with Crippen LogP contribution in [0.2, 0.25) is 5.02 Å². The number of aromatic carboxylic acids is 1. The van der Waals surface area contributed by atoms with E-state index in [1.54, 1.807) is 42.5 Å². The summed E-state index contributed by atoms with van der Waals surface area (Å²) >= 11 is 5.77. The fourth-order valence-electron chi connectivity index (χ4n) is 1.72. The summed E-state index contributed by atoms with van der Waals surface area (Å²) < 4.78 is 0. The van der Waals surface area contributed by atoms with Crippen molar-refractivity contribution in [3.8, 4) is 0 Å². The Kier molecular flexibility index (Phi) is 4.79. The highest BCUT2D eigenvalue weighted by Gasteiger charge is 2.11. The average molecular weight is 305 g/mol. The van der Waals surface area contributed by atoms with Gasteiger partial charge in [0.15, 0.2) is 0 Å². The van der Waals surface area contributed by atoms with Gasteiger partial charge >= 0.3 is 5.97 Å². The van der Waals surface area contributed by atoms with Crippen LogP contribution in [0.15, 0.2) is 48.5 Å². The minimum absolute atomic E-state index is 0.0234. The monoisotopic (exact) mass is 304 g/mol. The van der Waals surface area contributed by atoms with Crippen LogP contribution in [0, 0.1) is 0 Å². The Balaban J connectivity index is 1.96. The average Bonchev–Trinajstić information content (AvgIpc) is 2.47. The van der Waals surface area contributed by atoms with Crippen LogP contribution in [-0.4, -0.2) is 23.5 Å². The van der Waals surface area contributed by atoms with E-state index in [1.807, 2.05) is 0 Å². The lowest BCUT2D eigenvalue weighted by Gasteiger charge is -2.09. The molecule has 0 heterocycles. The number of hydrogen-bond donors (Lipinski definition) is 3. The second kappa shape index (κ2) is 6.76. The SMILES string of the molecule is O=C(CNc1ccc(Cl)cc1)Nc1ccccc1C(=O)O. The number of para-hydroxylation sites is 1. The Morgan fingerprint density at radius 2 is 1.71 bits per heavy atom. The van der Waals surface area contributed by atoms with Gasteiger partial charge in [0.25, 0.3) is 0 Å². The highest BCUT2D eigenvalue weighted by Crippen LogP contribution is 2.15. The number of amides is 1. The number of carboxylic acids is 1. The van der Waals surface area contributed by atoms with Gasteiger partial charge in [-0.2, -0.15) is 0 Å². The van der Waals surface area contributed by atoms with Crippen molar-refractivity contribution in [1.82, 2.24) is 0 Å². The third-order valence-corrected chi connectivity index (χ3v) is 2.98. The molecule has 2 rings (SSSR count). The number of carbonyl (C=O) groups is 2. The lowest BCUT2D eigenvalue weighted by atomic mass is 10.2. The van der Waals surface area contributed by atoms with E-state index in [2.05, 4.69) is 10.6 Å². The van der Waals surface area contributed by atoms with Crippen molar-refractivity contribution in [3.05, 3.63) is 59.1 Å². The van der Waals surface area contributed by atoms with Crippen LogP contribution in [0.4, 0.5) is 11.4 Å². The zero-order valence-corrected chi connectivity index (χ0v) is 11.7. The molecule has 0 bridgehead atoms. The Bertz CT molecular complexity index is 656. The van der Waals surface area contributed by atoms with Gasteiger partial charge in [0, 0.05) is 10.7 Å². The highest BCUT2D eigenvalue weighted by molar-refractivity contribution is 6.30. The van der Waals surface area contributed by atoms with Crippen molar-refractivity contribution in [2.45, 2.75) is 0 Å². The number of benzene rings is 2. The molecule has 3 N–H and O–H groups in total. The van der Waals surface area contributed by atoms with Crippen LogP contribution in [0.25, 0.3) is 0 Å². The normalized spacial score (nSPS) is 9.95. The van der Waals surface area contributed by atoms with Gasteiger partial charge in [-0.1, -0.05) is 23.7 Å². The maximum absolute atomic E-state index is 11.8. The van der Waals surface area contributed by atoms with Gasteiger partial charge in [-0.25, -0.2) is 4.79 Å². The fraction of sp³-hybridized carbons (Fsp3) is 0.0667. The number of nitrogens with one attached hydrogen (secondary N) is 2. The number of halogens is 1. The Hall–Kier alpha value is -2.53. The summed E-state index contributed by atoms with van der Waals surface area (Å²) in [5, 5.41) is 15.1. The van der Waals surface area contributed by atoms with Gasteiger partial charge in [0.2, 0.25) is 5.91 Å². The summed E-state index contributed by atoms with van der Waals surface area (Å²) in [5.74, 6) is -1.42. The first-order chi connectivity index (χ1) is 10.1. The fourth-order valence-corrected chi connectivity index (χ4v) is 1.85. The van der Waals surface area contributed by atoms with E-state index in [9.17, 15) is 9.59 Å². The predicted molar refractivity (Wildman–Crippen MR) is 82.0 cm³/mol. The molecule has 108 valence electrons. The van der Waals surface area contributed by atoms with Crippen molar-refractivity contribution < 1.29 is 14.7 Å². The maximum atomic E-state index is 11.8. The van der Waals surface area contributed by atoms with E-state index in [0.29, 0.717) is 5.02 Å². The lowest BCUT2D eigenvalue weighted by Crippen LogP contribution is -2.22. The standard InChI is InChI=1S/C15H13ClN2O3/c16-10-5-7-11(8-6-10)17-9-14(19)18-13-4-2-1-3-12(13)15(20)21/h1-8,17H,9H2,(H,18,19)(H,20,21). The van der Waals surface area contributed by atoms with Crippen molar-refractivity contribution in [2.75, 3.05) is 17.2 Å². The highest BCUT2D eigenvalue weighted by atomic mass is 35.5. The van der Waals surface area contributed by atoms with Crippen molar-refractivity contribution in [1.29, 1.82) is 0 Å². The van der Waals surface area contributed by atoms with E-state index < -0.39 is 5.97 Å². The molecule has 6 heteroatoms. The van der Waals surface area contributed by atoms with Crippen LogP contribution in [-0.2, 0) is 4.79 Å². The van der Waals surface area contributed by atoms with Crippen LogP contribution in [0.1, 0.15) is 10.4 Å². The Labute approximate surface area is 126 Å². The van der Waals surface area contributed by atoms with Gasteiger partial charge in [0.05, 0.1) is 17.8 Å².